The maximum Gasteiger partial charge on any atom is 0.414 e. The standard InChI is InChI=1S/C24H28N2O4/c1-29-21-9-5-8-20(16-21)26-17-22(30-24(26)28)12-15-25-13-10-19(11-14-25)23(27)18-6-3-2-4-7-18/h2-9,16,19,22H,10-15,17H2,1H3. The third-order valence-electron chi connectivity index (χ3n) is 6.02. The van der Waals surface area contributed by atoms with Gasteiger partial charge in [0.2, 0.25) is 0 Å². The lowest BCUT2D eigenvalue weighted by atomic mass is 9.89. The van der Waals surface area contributed by atoms with E-state index in [1.165, 1.54) is 0 Å². The van der Waals surface area contributed by atoms with Gasteiger partial charge in [-0.15, -0.1) is 0 Å². The van der Waals surface area contributed by atoms with E-state index in [1.54, 1.807) is 12.0 Å². The fourth-order valence-electron chi connectivity index (χ4n) is 4.24. The number of rotatable bonds is 7. The summed E-state index contributed by atoms with van der Waals surface area (Å²) >= 11 is 0. The third-order valence-corrected chi connectivity index (χ3v) is 6.02. The number of cyclic esters (lactones) is 1. The quantitative estimate of drug-likeness (QED) is 0.648. The summed E-state index contributed by atoms with van der Waals surface area (Å²) < 4.78 is 10.8. The van der Waals surface area contributed by atoms with Gasteiger partial charge < -0.3 is 14.4 Å². The molecule has 1 unspecified atom stereocenters. The van der Waals surface area contributed by atoms with Crippen molar-refractivity contribution in [3.63, 3.8) is 0 Å². The highest BCUT2D eigenvalue weighted by molar-refractivity contribution is 5.97. The van der Waals surface area contributed by atoms with Gasteiger partial charge in [0.15, 0.2) is 5.78 Å². The number of ketones is 1. The second-order valence-corrected chi connectivity index (χ2v) is 7.95. The fraction of sp³-hybridized carbons (Fsp3) is 0.417. The van der Waals surface area contributed by atoms with E-state index in [0.29, 0.717) is 6.54 Å². The highest BCUT2D eigenvalue weighted by Crippen LogP contribution is 2.27. The molecule has 2 fully saturated rings. The third kappa shape index (κ3) is 4.65. The van der Waals surface area contributed by atoms with Crippen LogP contribution in [0.1, 0.15) is 29.6 Å². The average molecular weight is 408 g/mol. The minimum Gasteiger partial charge on any atom is -0.497 e. The number of piperidine rings is 1. The summed E-state index contributed by atoms with van der Waals surface area (Å²) in [4.78, 5) is 29.0. The number of benzene rings is 2. The van der Waals surface area contributed by atoms with E-state index in [2.05, 4.69) is 4.90 Å². The van der Waals surface area contributed by atoms with Crippen molar-refractivity contribution in [2.45, 2.75) is 25.4 Å². The van der Waals surface area contributed by atoms with Crippen molar-refractivity contribution in [1.82, 2.24) is 4.90 Å². The molecule has 0 aliphatic carbocycles. The second-order valence-electron chi connectivity index (χ2n) is 7.95. The number of hydrogen-bond donors (Lipinski definition) is 0. The summed E-state index contributed by atoms with van der Waals surface area (Å²) in [5.74, 6) is 1.09. The van der Waals surface area contributed by atoms with Crippen LogP contribution >= 0.6 is 0 Å². The zero-order valence-corrected chi connectivity index (χ0v) is 17.3. The minimum absolute atomic E-state index is 0.108. The Balaban J connectivity index is 1.24. The first kappa shape index (κ1) is 20.4. The number of methoxy groups -OCH3 is 1. The summed E-state index contributed by atoms with van der Waals surface area (Å²) in [7, 11) is 1.61. The summed E-state index contributed by atoms with van der Waals surface area (Å²) in [6.07, 6.45) is 2.14. The van der Waals surface area contributed by atoms with E-state index in [0.717, 1.165) is 55.9 Å². The van der Waals surface area contributed by atoms with Crippen molar-refractivity contribution >= 4 is 17.6 Å². The zero-order valence-electron chi connectivity index (χ0n) is 17.3. The van der Waals surface area contributed by atoms with Crippen molar-refractivity contribution in [3.8, 4) is 5.75 Å². The highest BCUT2D eigenvalue weighted by Gasteiger charge is 2.33. The molecule has 2 aliphatic rings. The number of ether oxygens (including phenoxy) is 2. The first-order valence-corrected chi connectivity index (χ1v) is 10.6. The van der Waals surface area contributed by atoms with Crippen LogP contribution in [0.4, 0.5) is 10.5 Å². The SMILES string of the molecule is COc1cccc(N2CC(CCN3CCC(C(=O)c4ccccc4)CC3)OC2=O)c1. The molecule has 4 rings (SSSR count). The van der Waals surface area contributed by atoms with Crippen molar-refractivity contribution in [1.29, 1.82) is 0 Å². The Bertz CT molecular complexity index is 878. The lowest BCUT2D eigenvalue weighted by molar-refractivity contribution is 0.0815. The minimum atomic E-state index is -0.305. The van der Waals surface area contributed by atoms with Crippen LogP contribution in [0.5, 0.6) is 5.75 Å². The van der Waals surface area contributed by atoms with Crippen LogP contribution in [0.15, 0.2) is 54.6 Å². The van der Waals surface area contributed by atoms with Crippen LogP contribution in [0, 0.1) is 5.92 Å². The first-order valence-electron chi connectivity index (χ1n) is 10.6. The highest BCUT2D eigenvalue weighted by atomic mass is 16.6. The fourth-order valence-corrected chi connectivity index (χ4v) is 4.24. The van der Waals surface area contributed by atoms with Crippen molar-refractivity contribution in [3.05, 3.63) is 60.2 Å². The van der Waals surface area contributed by atoms with Crippen LogP contribution in [0.25, 0.3) is 0 Å². The smallest absolute Gasteiger partial charge is 0.414 e. The van der Waals surface area contributed by atoms with E-state index >= 15 is 0 Å². The lowest BCUT2D eigenvalue weighted by Gasteiger charge is -2.31. The molecule has 30 heavy (non-hydrogen) atoms. The first-order chi connectivity index (χ1) is 14.6. The van der Waals surface area contributed by atoms with Gasteiger partial charge >= 0.3 is 6.09 Å². The molecule has 0 bridgehead atoms. The van der Waals surface area contributed by atoms with Gasteiger partial charge in [0.05, 0.1) is 19.3 Å². The number of Topliss-reactive ketones (excluding diaryl/α,β-unsaturated/α-hetero) is 1. The number of carbonyl (C=O) groups is 2. The van der Waals surface area contributed by atoms with Crippen LogP contribution in [0.2, 0.25) is 0 Å². The molecule has 2 aromatic carbocycles. The maximum absolute atomic E-state index is 12.6. The Morgan fingerprint density at radius 2 is 1.87 bits per heavy atom. The molecule has 2 saturated heterocycles. The van der Waals surface area contributed by atoms with Crippen molar-refractivity contribution in [2.24, 2.45) is 5.92 Å². The van der Waals surface area contributed by atoms with Crippen LogP contribution < -0.4 is 9.64 Å². The molecule has 0 aromatic heterocycles. The van der Waals surface area contributed by atoms with E-state index in [4.69, 9.17) is 9.47 Å². The summed E-state index contributed by atoms with van der Waals surface area (Å²) in [5, 5.41) is 0. The predicted octanol–water partition coefficient (Wildman–Crippen LogP) is 4.01. The van der Waals surface area contributed by atoms with Gasteiger partial charge in [-0.3, -0.25) is 9.69 Å². The molecule has 1 atom stereocenters. The Kier molecular flexibility index (Phi) is 6.33. The molecule has 0 N–H and O–H groups in total. The Hall–Kier alpha value is -2.86. The van der Waals surface area contributed by atoms with Crippen molar-refractivity contribution in [2.75, 3.05) is 38.2 Å². The second kappa shape index (κ2) is 9.30. The van der Waals surface area contributed by atoms with Gasteiger partial charge in [-0.2, -0.15) is 0 Å². The molecule has 0 saturated carbocycles. The largest absolute Gasteiger partial charge is 0.497 e. The predicted molar refractivity (Wildman–Crippen MR) is 115 cm³/mol. The molecule has 158 valence electrons. The Morgan fingerprint density at radius 1 is 1.10 bits per heavy atom. The molecular weight excluding hydrogens is 380 g/mol. The lowest BCUT2D eigenvalue weighted by Crippen LogP contribution is -2.38. The zero-order chi connectivity index (χ0) is 20.9. The Labute approximate surface area is 177 Å². The summed E-state index contributed by atoms with van der Waals surface area (Å²) in [5.41, 5.74) is 1.61. The van der Waals surface area contributed by atoms with Crippen molar-refractivity contribution < 1.29 is 19.1 Å². The topological polar surface area (TPSA) is 59.1 Å². The molecule has 2 aliphatic heterocycles. The van der Waals surface area contributed by atoms with Gasteiger partial charge in [0.1, 0.15) is 11.9 Å². The van der Waals surface area contributed by atoms with Crippen LogP contribution in [-0.2, 0) is 4.74 Å². The average Bonchev–Trinajstić information content (AvgIpc) is 3.18. The normalized spacial score (nSPS) is 20.2. The molecule has 2 heterocycles. The molecule has 6 heteroatoms. The molecule has 2 aromatic rings. The van der Waals surface area contributed by atoms with Gasteiger partial charge in [-0.25, -0.2) is 4.79 Å². The number of likely N-dealkylation sites (tertiary alicyclic amines) is 1. The summed E-state index contributed by atoms with van der Waals surface area (Å²) in [6, 6.07) is 17.0. The van der Waals surface area contributed by atoms with Gasteiger partial charge in [-0.05, 0) is 44.5 Å². The number of anilines is 1. The van der Waals surface area contributed by atoms with Crippen LogP contribution in [0.3, 0.4) is 0 Å². The van der Waals surface area contributed by atoms with E-state index < -0.39 is 0 Å². The van der Waals surface area contributed by atoms with Crippen LogP contribution in [-0.4, -0.2) is 56.2 Å². The molecule has 6 nitrogen and oxygen atoms in total. The summed E-state index contributed by atoms with van der Waals surface area (Å²) in [6.45, 7) is 3.23. The molecule has 1 amide bonds. The maximum atomic E-state index is 12.6. The van der Waals surface area contributed by atoms with E-state index in [-0.39, 0.29) is 23.9 Å². The Morgan fingerprint density at radius 3 is 2.60 bits per heavy atom. The molecular formula is C24H28N2O4. The van der Waals surface area contributed by atoms with E-state index in [1.807, 2.05) is 54.6 Å². The molecule has 0 spiro atoms. The van der Waals surface area contributed by atoms with Gasteiger partial charge in [0, 0.05) is 24.1 Å². The number of carbonyl (C=O) groups excluding carboxylic acids is 2. The number of hydrogen-bond acceptors (Lipinski definition) is 5. The van der Waals surface area contributed by atoms with Gasteiger partial charge in [-0.1, -0.05) is 36.4 Å². The van der Waals surface area contributed by atoms with E-state index in [9.17, 15) is 9.59 Å². The molecule has 0 radical (unpaired) electrons. The number of nitrogens with zero attached hydrogens (tertiary/aromatic N) is 2. The monoisotopic (exact) mass is 408 g/mol. The van der Waals surface area contributed by atoms with Gasteiger partial charge in [0.25, 0.3) is 0 Å². The number of amides is 1.